The molecule has 3 aromatic rings. The number of carbonyl (C=O) groups excluding carboxylic acids is 1. The van der Waals surface area contributed by atoms with Crippen molar-refractivity contribution in [2.75, 3.05) is 19.1 Å². The molecular formula is C21H22N4O5. The molecule has 30 heavy (non-hydrogen) atoms. The Balaban J connectivity index is 2.07. The number of methoxy groups -OCH3 is 2. The number of hydrogen-bond donors (Lipinski definition) is 0. The number of rotatable bonds is 7. The number of anilines is 1. The lowest BCUT2D eigenvalue weighted by molar-refractivity contribution is -0.384. The highest BCUT2D eigenvalue weighted by Gasteiger charge is 2.28. The molecule has 1 atom stereocenters. The minimum atomic E-state index is -0.503. The summed E-state index contributed by atoms with van der Waals surface area (Å²) in [5.41, 5.74) is 1.56. The average Bonchev–Trinajstić information content (AvgIpc) is 3.18. The van der Waals surface area contributed by atoms with Crippen LogP contribution in [0.3, 0.4) is 0 Å². The molecule has 0 N–H and O–H groups in total. The number of non-ortho nitro benzene ring substituents is 1. The van der Waals surface area contributed by atoms with Crippen molar-refractivity contribution in [2.45, 2.75) is 13.0 Å². The van der Waals surface area contributed by atoms with Crippen molar-refractivity contribution in [2.24, 2.45) is 7.05 Å². The monoisotopic (exact) mass is 410 g/mol. The van der Waals surface area contributed by atoms with Gasteiger partial charge in [0.05, 0.1) is 37.1 Å². The summed E-state index contributed by atoms with van der Waals surface area (Å²) >= 11 is 0. The molecule has 0 saturated heterocycles. The van der Waals surface area contributed by atoms with E-state index in [1.54, 1.807) is 55.4 Å². The maximum Gasteiger partial charge on any atom is 0.269 e. The van der Waals surface area contributed by atoms with Crippen LogP contribution in [0.25, 0.3) is 0 Å². The van der Waals surface area contributed by atoms with Crippen molar-refractivity contribution in [3.05, 3.63) is 76.1 Å². The van der Waals surface area contributed by atoms with Gasteiger partial charge in [-0.2, -0.15) is 5.10 Å². The van der Waals surface area contributed by atoms with Gasteiger partial charge in [-0.25, -0.2) is 0 Å². The van der Waals surface area contributed by atoms with Crippen LogP contribution in [0.1, 0.15) is 28.9 Å². The van der Waals surface area contributed by atoms with Crippen LogP contribution in [0.15, 0.2) is 54.9 Å². The number of aryl methyl sites for hydroxylation is 1. The molecule has 0 saturated carbocycles. The SMILES string of the molecule is COc1ccc(OC)c([C@H](C)N(C(=O)c2ccc([N+](=O)[O-])cc2)c2cnn(C)c2)c1. The van der Waals surface area contributed by atoms with Crippen molar-refractivity contribution < 1.29 is 19.2 Å². The Labute approximate surface area is 173 Å². The zero-order chi connectivity index (χ0) is 21.8. The molecule has 1 aromatic heterocycles. The van der Waals surface area contributed by atoms with Crippen LogP contribution in [0.5, 0.6) is 11.5 Å². The largest absolute Gasteiger partial charge is 0.497 e. The Morgan fingerprint density at radius 1 is 1.17 bits per heavy atom. The molecule has 9 heteroatoms. The van der Waals surface area contributed by atoms with Crippen LogP contribution in [0.2, 0.25) is 0 Å². The number of benzene rings is 2. The summed E-state index contributed by atoms with van der Waals surface area (Å²) in [6, 6.07) is 10.4. The second-order valence-electron chi connectivity index (χ2n) is 6.64. The molecule has 2 aromatic carbocycles. The van der Waals surface area contributed by atoms with Gasteiger partial charge in [0, 0.05) is 36.5 Å². The van der Waals surface area contributed by atoms with Crippen molar-refractivity contribution in [3.63, 3.8) is 0 Å². The summed E-state index contributed by atoms with van der Waals surface area (Å²) in [5, 5.41) is 15.1. The van der Waals surface area contributed by atoms with Gasteiger partial charge >= 0.3 is 0 Å². The second kappa shape index (κ2) is 8.64. The van der Waals surface area contributed by atoms with E-state index in [1.807, 2.05) is 13.0 Å². The molecule has 0 radical (unpaired) electrons. The molecule has 0 unspecified atom stereocenters. The van der Waals surface area contributed by atoms with Gasteiger partial charge < -0.3 is 9.47 Å². The normalized spacial score (nSPS) is 11.6. The lowest BCUT2D eigenvalue weighted by atomic mass is 10.0. The maximum absolute atomic E-state index is 13.5. The topological polar surface area (TPSA) is 99.7 Å². The van der Waals surface area contributed by atoms with Gasteiger partial charge in [0.15, 0.2) is 0 Å². The Hall–Kier alpha value is -3.88. The molecular weight excluding hydrogens is 388 g/mol. The average molecular weight is 410 g/mol. The first kappa shape index (κ1) is 20.8. The molecule has 156 valence electrons. The molecule has 0 fully saturated rings. The molecule has 0 aliphatic rings. The van der Waals surface area contributed by atoms with Gasteiger partial charge in [-0.3, -0.25) is 24.5 Å². The lowest BCUT2D eigenvalue weighted by Gasteiger charge is -2.29. The van der Waals surface area contributed by atoms with Gasteiger partial charge in [-0.1, -0.05) is 0 Å². The van der Waals surface area contributed by atoms with Crippen LogP contribution in [-0.4, -0.2) is 34.8 Å². The van der Waals surface area contributed by atoms with Crippen molar-refractivity contribution >= 4 is 17.3 Å². The minimum Gasteiger partial charge on any atom is -0.497 e. The fourth-order valence-corrected chi connectivity index (χ4v) is 3.22. The lowest BCUT2D eigenvalue weighted by Crippen LogP contribution is -2.33. The highest BCUT2D eigenvalue weighted by molar-refractivity contribution is 6.06. The van der Waals surface area contributed by atoms with Crippen LogP contribution in [0.4, 0.5) is 11.4 Å². The van der Waals surface area contributed by atoms with E-state index in [0.717, 1.165) is 5.56 Å². The number of ether oxygens (including phenoxy) is 2. The fraction of sp³-hybridized carbons (Fsp3) is 0.238. The first-order chi connectivity index (χ1) is 14.3. The van der Waals surface area contributed by atoms with Gasteiger partial charge in [0.2, 0.25) is 0 Å². The highest BCUT2D eigenvalue weighted by Crippen LogP contribution is 2.36. The van der Waals surface area contributed by atoms with Crippen molar-refractivity contribution in [3.8, 4) is 11.5 Å². The summed E-state index contributed by atoms with van der Waals surface area (Å²) < 4.78 is 12.4. The maximum atomic E-state index is 13.5. The van der Waals surface area contributed by atoms with E-state index in [0.29, 0.717) is 22.7 Å². The van der Waals surface area contributed by atoms with Gasteiger partial charge in [-0.05, 0) is 37.3 Å². The molecule has 1 heterocycles. The summed E-state index contributed by atoms with van der Waals surface area (Å²) in [4.78, 5) is 25.5. The molecule has 0 aliphatic heterocycles. The van der Waals surface area contributed by atoms with Crippen molar-refractivity contribution in [1.29, 1.82) is 0 Å². The van der Waals surface area contributed by atoms with E-state index in [9.17, 15) is 14.9 Å². The molecule has 0 spiro atoms. The van der Waals surface area contributed by atoms with E-state index in [-0.39, 0.29) is 11.6 Å². The molecule has 0 bridgehead atoms. The number of nitro benzene ring substituents is 1. The van der Waals surface area contributed by atoms with E-state index < -0.39 is 11.0 Å². The predicted molar refractivity (Wildman–Crippen MR) is 111 cm³/mol. The van der Waals surface area contributed by atoms with E-state index in [4.69, 9.17) is 9.47 Å². The van der Waals surface area contributed by atoms with E-state index in [1.165, 1.54) is 24.3 Å². The second-order valence-corrected chi connectivity index (χ2v) is 6.64. The number of carbonyl (C=O) groups is 1. The highest BCUT2D eigenvalue weighted by atomic mass is 16.6. The Morgan fingerprint density at radius 2 is 1.87 bits per heavy atom. The predicted octanol–water partition coefficient (Wildman–Crippen LogP) is 3.75. The third-order valence-electron chi connectivity index (χ3n) is 4.79. The number of amides is 1. The van der Waals surface area contributed by atoms with E-state index >= 15 is 0 Å². The fourth-order valence-electron chi connectivity index (χ4n) is 3.22. The first-order valence-electron chi connectivity index (χ1n) is 9.14. The van der Waals surface area contributed by atoms with E-state index in [2.05, 4.69) is 5.10 Å². The number of nitrogens with zero attached hydrogens (tertiary/aromatic N) is 4. The molecule has 9 nitrogen and oxygen atoms in total. The van der Waals surface area contributed by atoms with Crippen LogP contribution >= 0.6 is 0 Å². The number of aromatic nitrogens is 2. The van der Waals surface area contributed by atoms with Crippen LogP contribution in [-0.2, 0) is 7.05 Å². The zero-order valence-corrected chi connectivity index (χ0v) is 17.1. The summed E-state index contributed by atoms with van der Waals surface area (Å²) in [6.45, 7) is 1.87. The molecule has 1 amide bonds. The number of nitro groups is 1. The van der Waals surface area contributed by atoms with Crippen LogP contribution < -0.4 is 14.4 Å². The minimum absolute atomic E-state index is 0.0815. The molecule has 3 rings (SSSR count). The third-order valence-corrected chi connectivity index (χ3v) is 4.79. The smallest absolute Gasteiger partial charge is 0.269 e. The first-order valence-corrected chi connectivity index (χ1v) is 9.14. The van der Waals surface area contributed by atoms with Crippen molar-refractivity contribution in [1.82, 2.24) is 9.78 Å². The summed E-state index contributed by atoms with van der Waals surface area (Å²) in [6.07, 6.45) is 3.32. The standard InChI is InChI=1S/C21H22N4O5/c1-14(19-11-18(29-3)9-10-20(19)30-4)24(17-12-22-23(2)13-17)21(26)15-5-7-16(8-6-15)25(27)28/h5-14H,1-4H3/t14-/m0/s1. The summed E-state index contributed by atoms with van der Waals surface area (Å²) in [5.74, 6) is 0.913. The Morgan fingerprint density at radius 3 is 2.40 bits per heavy atom. The zero-order valence-electron chi connectivity index (χ0n) is 17.1. The number of hydrogen-bond acceptors (Lipinski definition) is 6. The van der Waals surface area contributed by atoms with Crippen LogP contribution in [0, 0.1) is 10.1 Å². The third kappa shape index (κ3) is 4.09. The summed E-state index contributed by atoms with van der Waals surface area (Å²) in [7, 11) is 4.89. The van der Waals surface area contributed by atoms with Gasteiger partial charge in [0.25, 0.3) is 11.6 Å². The molecule has 0 aliphatic carbocycles. The Bertz CT molecular complexity index is 1060. The Kier molecular flexibility index (Phi) is 6.01. The quantitative estimate of drug-likeness (QED) is 0.434. The van der Waals surface area contributed by atoms with Gasteiger partial charge in [0.1, 0.15) is 11.5 Å². The van der Waals surface area contributed by atoms with Gasteiger partial charge in [-0.15, -0.1) is 0 Å².